The van der Waals surface area contributed by atoms with Gasteiger partial charge in [-0.05, 0) is 59.6 Å². The maximum atomic E-state index is 10.7. The van der Waals surface area contributed by atoms with Gasteiger partial charge in [0.05, 0.1) is 0 Å². The molecule has 0 heterocycles. The quantitative estimate of drug-likeness (QED) is 0.345. The van der Waals surface area contributed by atoms with E-state index < -0.39 is 0 Å². The largest absolute Gasteiger partial charge is 0.309 e. The smallest absolute Gasteiger partial charge is 0.145 e. The van der Waals surface area contributed by atoms with E-state index in [0.717, 1.165) is 44.2 Å². The zero-order chi connectivity index (χ0) is 11.7. The minimum absolute atomic E-state index is 0.860. The normalized spacial score (nSPS) is 12.5. The van der Waals surface area contributed by atoms with E-state index in [1.54, 1.807) is 0 Å². The number of hydrogen-bond donors (Lipinski definition) is 0. The zero-order valence-corrected chi connectivity index (χ0v) is 10.5. The molecule has 0 radical (unpaired) electrons. The van der Waals surface area contributed by atoms with Crippen molar-refractivity contribution in [2.75, 3.05) is 41.3 Å². The molecule has 0 spiro atoms. The third-order valence-electron chi connectivity index (χ3n) is 2.22. The van der Waals surface area contributed by atoms with Crippen molar-refractivity contribution in [1.82, 2.24) is 9.80 Å². The van der Waals surface area contributed by atoms with Crippen molar-refractivity contribution in [3.8, 4) is 0 Å². The lowest BCUT2D eigenvalue weighted by atomic mass is 10.1. The molecule has 0 atom stereocenters. The van der Waals surface area contributed by atoms with Crippen molar-refractivity contribution in [3.05, 3.63) is 11.6 Å². The summed E-state index contributed by atoms with van der Waals surface area (Å²) in [5, 5.41) is 0. The molecule has 0 aliphatic rings. The standard InChI is InChI=1S/C12H24N2O/c1-13(2)9-6-5-7-12(11-15)8-10-14(3)4/h7,11H,5-6,8-10H2,1-4H3/b12-7+. The monoisotopic (exact) mass is 212 g/mol. The maximum absolute atomic E-state index is 10.7. The number of hydrogen-bond acceptors (Lipinski definition) is 3. The third-order valence-corrected chi connectivity index (χ3v) is 2.22. The molecule has 0 unspecified atom stereocenters. The first-order valence-corrected chi connectivity index (χ1v) is 5.50. The van der Waals surface area contributed by atoms with E-state index in [1.807, 2.05) is 14.1 Å². The van der Waals surface area contributed by atoms with Crippen LogP contribution in [0.4, 0.5) is 0 Å². The Morgan fingerprint density at radius 3 is 2.13 bits per heavy atom. The number of nitrogens with zero attached hydrogens (tertiary/aromatic N) is 2. The van der Waals surface area contributed by atoms with Crippen LogP contribution in [0.2, 0.25) is 0 Å². The zero-order valence-electron chi connectivity index (χ0n) is 10.5. The topological polar surface area (TPSA) is 23.6 Å². The van der Waals surface area contributed by atoms with Gasteiger partial charge in [0.1, 0.15) is 6.29 Å². The fourth-order valence-electron chi connectivity index (χ4n) is 1.26. The fraction of sp³-hybridized carbons (Fsp3) is 0.750. The Labute approximate surface area is 93.7 Å². The van der Waals surface area contributed by atoms with Gasteiger partial charge in [-0.2, -0.15) is 0 Å². The highest BCUT2D eigenvalue weighted by molar-refractivity contribution is 5.72. The molecule has 0 saturated heterocycles. The van der Waals surface area contributed by atoms with E-state index >= 15 is 0 Å². The van der Waals surface area contributed by atoms with Crippen LogP contribution in [-0.4, -0.2) is 57.4 Å². The summed E-state index contributed by atoms with van der Waals surface area (Å²) in [4.78, 5) is 15.0. The van der Waals surface area contributed by atoms with E-state index in [0.29, 0.717) is 0 Å². The van der Waals surface area contributed by atoms with E-state index in [1.165, 1.54) is 0 Å². The van der Waals surface area contributed by atoms with Gasteiger partial charge in [0, 0.05) is 6.54 Å². The van der Waals surface area contributed by atoms with E-state index in [-0.39, 0.29) is 0 Å². The fourth-order valence-corrected chi connectivity index (χ4v) is 1.26. The summed E-state index contributed by atoms with van der Waals surface area (Å²) in [5.41, 5.74) is 0.933. The molecule has 0 saturated carbocycles. The van der Waals surface area contributed by atoms with Crippen LogP contribution in [0, 0.1) is 0 Å². The summed E-state index contributed by atoms with van der Waals surface area (Å²) in [6.07, 6.45) is 6.03. The average Bonchev–Trinajstić information content (AvgIpc) is 2.16. The summed E-state index contributed by atoms with van der Waals surface area (Å²) in [5.74, 6) is 0. The van der Waals surface area contributed by atoms with Crippen molar-refractivity contribution < 1.29 is 4.79 Å². The van der Waals surface area contributed by atoms with Crippen molar-refractivity contribution >= 4 is 6.29 Å². The van der Waals surface area contributed by atoms with Gasteiger partial charge in [-0.25, -0.2) is 0 Å². The second-order valence-electron chi connectivity index (χ2n) is 4.40. The number of aldehydes is 1. The lowest BCUT2D eigenvalue weighted by molar-refractivity contribution is -0.105. The molecule has 0 aliphatic carbocycles. The van der Waals surface area contributed by atoms with Crippen LogP contribution in [0.1, 0.15) is 19.3 Å². The van der Waals surface area contributed by atoms with Gasteiger partial charge in [-0.15, -0.1) is 0 Å². The van der Waals surface area contributed by atoms with Crippen LogP contribution in [0.25, 0.3) is 0 Å². The summed E-state index contributed by atoms with van der Waals surface area (Å²) >= 11 is 0. The molecule has 0 bridgehead atoms. The molecule has 0 rings (SSSR count). The molecule has 0 fully saturated rings. The Morgan fingerprint density at radius 1 is 1.07 bits per heavy atom. The first-order valence-electron chi connectivity index (χ1n) is 5.50. The molecule has 0 aromatic rings. The molecule has 0 aliphatic heterocycles. The van der Waals surface area contributed by atoms with Gasteiger partial charge in [-0.1, -0.05) is 6.08 Å². The van der Waals surface area contributed by atoms with Crippen LogP contribution < -0.4 is 0 Å². The number of allylic oxidation sites excluding steroid dienone is 1. The first kappa shape index (κ1) is 14.3. The number of unbranched alkanes of at least 4 members (excludes halogenated alkanes) is 1. The highest BCUT2D eigenvalue weighted by Gasteiger charge is 1.97. The molecule has 3 nitrogen and oxygen atoms in total. The Hall–Kier alpha value is -0.670. The Bertz CT molecular complexity index is 198. The van der Waals surface area contributed by atoms with Crippen LogP contribution >= 0.6 is 0 Å². The summed E-state index contributed by atoms with van der Waals surface area (Å²) in [6.45, 7) is 2.02. The number of carbonyl (C=O) groups is 1. The minimum Gasteiger partial charge on any atom is -0.309 e. The summed E-state index contributed by atoms with van der Waals surface area (Å²) < 4.78 is 0. The molecule has 0 aromatic heterocycles. The lowest BCUT2D eigenvalue weighted by Crippen LogP contribution is -2.14. The molecular formula is C12H24N2O. The molecule has 15 heavy (non-hydrogen) atoms. The highest BCUT2D eigenvalue weighted by atomic mass is 16.1. The van der Waals surface area contributed by atoms with Crippen LogP contribution in [0.5, 0.6) is 0 Å². The third kappa shape index (κ3) is 9.63. The SMILES string of the molecule is CN(C)CCC/C=C(/C=O)CCN(C)C. The highest BCUT2D eigenvalue weighted by Crippen LogP contribution is 2.02. The van der Waals surface area contributed by atoms with Crippen molar-refractivity contribution in [2.45, 2.75) is 19.3 Å². The second kappa shape index (κ2) is 8.62. The van der Waals surface area contributed by atoms with Gasteiger partial charge in [-0.3, -0.25) is 4.79 Å². The van der Waals surface area contributed by atoms with Crippen molar-refractivity contribution in [1.29, 1.82) is 0 Å². The molecule has 0 amide bonds. The summed E-state index contributed by atoms with van der Waals surface area (Å²) in [6, 6.07) is 0. The first-order chi connectivity index (χ1) is 7.06. The van der Waals surface area contributed by atoms with Gasteiger partial charge in [0.25, 0.3) is 0 Å². The lowest BCUT2D eigenvalue weighted by Gasteiger charge is -2.09. The Balaban J connectivity index is 3.74. The second-order valence-corrected chi connectivity index (χ2v) is 4.40. The predicted molar refractivity (Wildman–Crippen MR) is 65.1 cm³/mol. The van der Waals surface area contributed by atoms with Gasteiger partial charge >= 0.3 is 0 Å². The molecule has 0 N–H and O–H groups in total. The maximum Gasteiger partial charge on any atom is 0.145 e. The minimum atomic E-state index is 0.860. The Kier molecular flexibility index (Phi) is 8.24. The van der Waals surface area contributed by atoms with E-state index in [9.17, 15) is 4.79 Å². The molecule has 3 heteroatoms. The van der Waals surface area contributed by atoms with Gasteiger partial charge < -0.3 is 9.80 Å². The van der Waals surface area contributed by atoms with Crippen molar-refractivity contribution in [3.63, 3.8) is 0 Å². The number of carbonyl (C=O) groups excluding carboxylic acids is 1. The average molecular weight is 212 g/mol. The molecular weight excluding hydrogens is 188 g/mol. The van der Waals surface area contributed by atoms with Gasteiger partial charge in [0.2, 0.25) is 0 Å². The van der Waals surface area contributed by atoms with Crippen LogP contribution in [0.3, 0.4) is 0 Å². The number of rotatable bonds is 8. The van der Waals surface area contributed by atoms with E-state index in [4.69, 9.17) is 0 Å². The van der Waals surface area contributed by atoms with E-state index in [2.05, 4.69) is 30.0 Å². The summed E-state index contributed by atoms with van der Waals surface area (Å²) in [7, 11) is 8.18. The van der Waals surface area contributed by atoms with Crippen molar-refractivity contribution in [2.24, 2.45) is 0 Å². The van der Waals surface area contributed by atoms with Crippen LogP contribution in [0.15, 0.2) is 11.6 Å². The predicted octanol–water partition coefficient (Wildman–Crippen LogP) is 1.41. The molecule has 88 valence electrons. The van der Waals surface area contributed by atoms with Gasteiger partial charge in [0.15, 0.2) is 0 Å². The van der Waals surface area contributed by atoms with Crippen LogP contribution in [-0.2, 0) is 4.79 Å². The Morgan fingerprint density at radius 2 is 1.67 bits per heavy atom. The molecule has 0 aromatic carbocycles.